The molecule has 0 saturated heterocycles. The van der Waals surface area contributed by atoms with Crippen LogP contribution in [0, 0.1) is 5.92 Å². The molecule has 1 aromatic carbocycles. The van der Waals surface area contributed by atoms with E-state index in [2.05, 4.69) is 16.0 Å². The molecule has 1 aromatic rings. The molecule has 3 N–H and O–H groups in total. The first kappa shape index (κ1) is 26.5. The number of rotatable bonds is 14. The highest BCUT2D eigenvalue weighted by Crippen LogP contribution is 2.09. The highest BCUT2D eigenvalue weighted by atomic mass is 32.2. The van der Waals surface area contributed by atoms with Crippen LogP contribution in [0.4, 0.5) is 0 Å². The Morgan fingerprint density at radius 2 is 1.65 bits per heavy atom. The number of ether oxygens (including phenoxy) is 1. The number of carbonyl (C=O) groups excluding carboxylic acids is 4. The Morgan fingerprint density at radius 1 is 1.03 bits per heavy atom. The lowest BCUT2D eigenvalue weighted by molar-refractivity contribution is -0.145. The second kappa shape index (κ2) is 14.5. The number of hydrogen-bond donors (Lipinski definition) is 3. The van der Waals surface area contributed by atoms with Crippen molar-refractivity contribution in [3.63, 3.8) is 0 Å². The molecule has 0 radical (unpaired) electrons. The fourth-order valence-electron chi connectivity index (χ4n) is 3.04. The molecule has 0 fully saturated rings. The number of nitrogens with one attached hydrogen (secondary N) is 3. The zero-order valence-corrected chi connectivity index (χ0v) is 19.4. The summed E-state index contributed by atoms with van der Waals surface area (Å²) in [5.74, 6) is -0.665. The summed E-state index contributed by atoms with van der Waals surface area (Å²) in [4.78, 5) is 48.8. The summed E-state index contributed by atoms with van der Waals surface area (Å²) in [5, 5.41) is 7.96. The minimum atomic E-state index is -0.883. The zero-order valence-electron chi connectivity index (χ0n) is 18.6. The summed E-state index contributed by atoms with van der Waals surface area (Å²) >= 11 is 1.56. The van der Waals surface area contributed by atoms with E-state index >= 15 is 0 Å². The number of esters is 1. The van der Waals surface area contributed by atoms with Gasteiger partial charge in [-0.2, -0.15) is 11.8 Å². The number of amides is 3. The Morgan fingerprint density at radius 3 is 2.19 bits per heavy atom. The van der Waals surface area contributed by atoms with Gasteiger partial charge in [-0.1, -0.05) is 44.2 Å². The van der Waals surface area contributed by atoms with Crippen LogP contribution in [0.25, 0.3) is 0 Å². The van der Waals surface area contributed by atoms with Gasteiger partial charge >= 0.3 is 5.97 Å². The SMILES string of the molecule is COC(=O)C(Cc1ccccc1)NC(=O)C(CC(C)C)NC(=O)C(CCSC)NC=O. The second-order valence-electron chi connectivity index (χ2n) is 7.58. The second-order valence-corrected chi connectivity index (χ2v) is 8.57. The van der Waals surface area contributed by atoms with Crippen molar-refractivity contribution in [2.45, 2.75) is 51.2 Å². The third kappa shape index (κ3) is 9.87. The lowest BCUT2D eigenvalue weighted by Crippen LogP contribution is -2.56. The van der Waals surface area contributed by atoms with Crippen molar-refractivity contribution >= 4 is 36.0 Å². The minimum Gasteiger partial charge on any atom is -0.467 e. The van der Waals surface area contributed by atoms with Gasteiger partial charge in [0.05, 0.1) is 7.11 Å². The fraction of sp³-hybridized carbons (Fsp3) is 0.545. The number of hydrogen-bond acceptors (Lipinski definition) is 6. The number of thioether (sulfide) groups is 1. The van der Waals surface area contributed by atoms with Gasteiger partial charge in [-0.25, -0.2) is 4.79 Å². The average Bonchev–Trinajstić information content (AvgIpc) is 2.75. The maximum atomic E-state index is 13.0. The summed E-state index contributed by atoms with van der Waals surface area (Å²) < 4.78 is 4.85. The van der Waals surface area contributed by atoms with Crippen LogP contribution in [0.5, 0.6) is 0 Å². The smallest absolute Gasteiger partial charge is 0.328 e. The standard InChI is InChI=1S/C22H33N3O5S/c1-15(2)12-18(24-20(27)17(23-14-26)10-11-31-4)21(28)25-19(22(29)30-3)13-16-8-6-5-7-9-16/h5-9,14-15,17-19H,10-13H2,1-4H3,(H,23,26)(H,24,27)(H,25,28). The van der Waals surface area contributed by atoms with Gasteiger partial charge in [0.1, 0.15) is 18.1 Å². The van der Waals surface area contributed by atoms with E-state index in [1.807, 2.05) is 50.4 Å². The van der Waals surface area contributed by atoms with Crippen LogP contribution in [0.2, 0.25) is 0 Å². The van der Waals surface area contributed by atoms with Crippen LogP contribution in [0.15, 0.2) is 30.3 Å². The lowest BCUT2D eigenvalue weighted by atomic mass is 10.0. The van der Waals surface area contributed by atoms with Crippen LogP contribution in [-0.4, -0.2) is 61.4 Å². The summed E-state index contributed by atoms with van der Waals surface area (Å²) in [6.45, 7) is 3.87. The van der Waals surface area contributed by atoms with Crippen molar-refractivity contribution < 1.29 is 23.9 Å². The summed E-state index contributed by atoms with van der Waals surface area (Å²) in [5.41, 5.74) is 0.870. The van der Waals surface area contributed by atoms with Crippen molar-refractivity contribution in [1.82, 2.24) is 16.0 Å². The van der Waals surface area contributed by atoms with Crippen LogP contribution in [-0.2, 0) is 30.3 Å². The predicted molar refractivity (Wildman–Crippen MR) is 121 cm³/mol. The molecule has 0 aliphatic heterocycles. The minimum absolute atomic E-state index is 0.116. The van der Waals surface area contributed by atoms with Gasteiger partial charge in [-0.3, -0.25) is 14.4 Å². The molecule has 31 heavy (non-hydrogen) atoms. The molecule has 9 heteroatoms. The Balaban J connectivity index is 2.93. The lowest BCUT2D eigenvalue weighted by Gasteiger charge is -2.25. The molecular formula is C22H33N3O5S. The third-order valence-corrected chi connectivity index (χ3v) is 5.27. The number of carbonyl (C=O) groups is 4. The van der Waals surface area contributed by atoms with E-state index in [4.69, 9.17) is 4.74 Å². The Bertz CT molecular complexity index is 714. The zero-order chi connectivity index (χ0) is 23.2. The molecule has 8 nitrogen and oxygen atoms in total. The summed E-state index contributed by atoms with van der Waals surface area (Å²) in [6, 6.07) is 6.82. The molecule has 3 atom stereocenters. The van der Waals surface area contributed by atoms with E-state index in [9.17, 15) is 19.2 Å². The molecule has 3 amide bonds. The highest BCUT2D eigenvalue weighted by molar-refractivity contribution is 7.98. The van der Waals surface area contributed by atoms with Crippen molar-refractivity contribution in [1.29, 1.82) is 0 Å². The van der Waals surface area contributed by atoms with E-state index in [0.29, 0.717) is 25.0 Å². The molecule has 1 rings (SSSR count). The fourth-order valence-corrected chi connectivity index (χ4v) is 3.51. The molecule has 0 aromatic heterocycles. The van der Waals surface area contributed by atoms with Crippen LogP contribution >= 0.6 is 11.8 Å². The van der Waals surface area contributed by atoms with Crippen molar-refractivity contribution in [3.8, 4) is 0 Å². The van der Waals surface area contributed by atoms with E-state index < -0.39 is 35.9 Å². The Hall–Kier alpha value is -2.55. The number of benzene rings is 1. The van der Waals surface area contributed by atoms with Gasteiger partial charge in [0, 0.05) is 6.42 Å². The quantitative estimate of drug-likeness (QED) is 0.290. The molecule has 0 bridgehead atoms. The maximum Gasteiger partial charge on any atom is 0.328 e. The molecule has 3 unspecified atom stereocenters. The molecule has 172 valence electrons. The van der Waals surface area contributed by atoms with Gasteiger partial charge in [-0.15, -0.1) is 0 Å². The Kier molecular flexibility index (Phi) is 12.3. The molecule has 0 spiro atoms. The summed E-state index contributed by atoms with van der Waals surface area (Å²) in [7, 11) is 1.27. The highest BCUT2D eigenvalue weighted by Gasteiger charge is 2.29. The number of methoxy groups -OCH3 is 1. The van der Waals surface area contributed by atoms with Crippen LogP contribution in [0.3, 0.4) is 0 Å². The molecule has 0 aliphatic carbocycles. The average molecular weight is 452 g/mol. The van der Waals surface area contributed by atoms with Crippen molar-refractivity contribution in [2.24, 2.45) is 5.92 Å². The molecular weight excluding hydrogens is 418 g/mol. The van der Waals surface area contributed by atoms with Gasteiger partial charge in [0.2, 0.25) is 18.2 Å². The van der Waals surface area contributed by atoms with Gasteiger partial charge in [0.25, 0.3) is 0 Å². The topological polar surface area (TPSA) is 114 Å². The van der Waals surface area contributed by atoms with E-state index in [1.54, 1.807) is 11.8 Å². The van der Waals surface area contributed by atoms with Gasteiger partial charge in [0.15, 0.2) is 0 Å². The molecule has 0 heterocycles. The Labute approximate surface area is 188 Å². The van der Waals surface area contributed by atoms with Crippen LogP contribution < -0.4 is 16.0 Å². The van der Waals surface area contributed by atoms with Gasteiger partial charge in [-0.05, 0) is 36.3 Å². The first-order valence-electron chi connectivity index (χ1n) is 10.2. The first-order chi connectivity index (χ1) is 14.8. The van der Waals surface area contributed by atoms with Crippen molar-refractivity contribution in [2.75, 3.05) is 19.1 Å². The molecule has 0 saturated carbocycles. The van der Waals surface area contributed by atoms with E-state index in [1.165, 1.54) is 7.11 Å². The predicted octanol–water partition coefficient (Wildman–Crippen LogP) is 1.29. The first-order valence-corrected chi connectivity index (χ1v) is 11.6. The summed E-state index contributed by atoms with van der Waals surface area (Å²) in [6.07, 6.45) is 3.48. The largest absolute Gasteiger partial charge is 0.467 e. The maximum absolute atomic E-state index is 13.0. The van der Waals surface area contributed by atoms with Gasteiger partial charge < -0.3 is 20.7 Å². The van der Waals surface area contributed by atoms with E-state index in [-0.39, 0.29) is 12.3 Å². The third-order valence-electron chi connectivity index (χ3n) is 4.62. The monoisotopic (exact) mass is 451 g/mol. The van der Waals surface area contributed by atoms with E-state index in [0.717, 1.165) is 5.56 Å². The molecule has 0 aliphatic rings. The normalized spacial score (nSPS) is 13.6. The van der Waals surface area contributed by atoms with Crippen LogP contribution in [0.1, 0.15) is 32.3 Å². The van der Waals surface area contributed by atoms with Crippen molar-refractivity contribution in [3.05, 3.63) is 35.9 Å².